The van der Waals surface area contributed by atoms with Gasteiger partial charge in [0.2, 0.25) is 5.91 Å². The van der Waals surface area contributed by atoms with Gasteiger partial charge >= 0.3 is 5.97 Å². The third-order valence-corrected chi connectivity index (χ3v) is 5.41. The Hall–Kier alpha value is -0.710. The highest BCUT2D eigenvalue weighted by Crippen LogP contribution is 2.38. The number of carboxylic acids is 1. The lowest BCUT2D eigenvalue weighted by atomic mass is 9.72. The predicted octanol–water partition coefficient (Wildman–Crippen LogP) is 2.23. The van der Waals surface area contributed by atoms with Gasteiger partial charge in [-0.1, -0.05) is 19.8 Å². The number of carboxylic acid groups (broad SMARTS) is 1. The average Bonchev–Trinajstić information content (AvgIpc) is 2.39. The number of thioether (sulfide) groups is 1. The fraction of sp³-hybridized carbons (Fsp3) is 0.857. The Morgan fingerprint density at radius 2 is 1.95 bits per heavy atom. The summed E-state index contributed by atoms with van der Waals surface area (Å²) in [5, 5.41) is 8.61. The van der Waals surface area contributed by atoms with Crippen LogP contribution in [0.1, 0.15) is 39.0 Å². The summed E-state index contributed by atoms with van der Waals surface area (Å²) in [6.45, 7) is 3.17. The molecular weight excluding hydrogens is 262 g/mol. The minimum atomic E-state index is -0.847. The van der Waals surface area contributed by atoms with E-state index in [9.17, 15) is 9.59 Å². The van der Waals surface area contributed by atoms with E-state index in [-0.39, 0.29) is 11.7 Å². The van der Waals surface area contributed by atoms with Crippen LogP contribution in [0.4, 0.5) is 0 Å². The van der Waals surface area contributed by atoms with E-state index in [1.54, 1.807) is 0 Å². The summed E-state index contributed by atoms with van der Waals surface area (Å²) in [7, 11) is 0. The quantitative estimate of drug-likeness (QED) is 0.860. The molecule has 1 heterocycles. The number of fused-ring (bicyclic) bond motifs is 1. The number of rotatable bonds is 4. The smallest absolute Gasteiger partial charge is 0.313 e. The average molecular weight is 285 g/mol. The molecule has 3 unspecified atom stereocenters. The molecule has 4 nitrogen and oxygen atoms in total. The lowest BCUT2D eigenvalue weighted by molar-refractivity contribution is -0.136. The maximum atomic E-state index is 12.3. The topological polar surface area (TPSA) is 57.6 Å². The van der Waals surface area contributed by atoms with Crippen molar-refractivity contribution in [2.24, 2.45) is 11.8 Å². The first kappa shape index (κ1) is 14.7. The maximum Gasteiger partial charge on any atom is 0.313 e. The molecule has 1 saturated heterocycles. The van der Waals surface area contributed by atoms with Gasteiger partial charge in [0.25, 0.3) is 0 Å². The van der Waals surface area contributed by atoms with Crippen molar-refractivity contribution in [3.8, 4) is 0 Å². The van der Waals surface area contributed by atoms with E-state index in [1.807, 2.05) is 4.90 Å². The van der Waals surface area contributed by atoms with Crippen LogP contribution in [0.25, 0.3) is 0 Å². The second kappa shape index (κ2) is 6.64. The van der Waals surface area contributed by atoms with Crippen molar-refractivity contribution in [3.63, 3.8) is 0 Å². The van der Waals surface area contributed by atoms with Gasteiger partial charge in [0.05, 0.1) is 11.5 Å². The Balaban J connectivity index is 1.91. The molecule has 0 bridgehead atoms. The number of hydrogen-bond donors (Lipinski definition) is 1. The molecule has 5 heteroatoms. The first-order chi connectivity index (χ1) is 9.09. The van der Waals surface area contributed by atoms with Crippen LogP contribution in [0.15, 0.2) is 0 Å². The largest absolute Gasteiger partial charge is 0.481 e. The summed E-state index contributed by atoms with van der Waals surface area (Å²) in [6, 6.07) is 0.412. The number of piperidine rings is 1. The lowest BCUT2D eigenvalue weighted by Crippen LogP contribution is -2.52. The van der Waals surface area contributed by atoms with Crippen LogP contribution in [-0.4, -0.2) is 46.0 Å². The van der Waals surface area contributed by atoms with Crippen molar-refractivity contribution in [2.75, 3.05) is 18.1 Å². The normalized spacial score (nSPS) is 30.8. The molecule has 108 valence electrons. The molecule has 3 atom stereocenters. The van der Waals surface area contributed by atoms with E-state index >= 15 is 0 Å². The lowest BCUT2D eigenvalue weighted by Gasteiger charge is -2.47. The fourth-order valence-electron chi connectivity index (χ4n) is 3.53. The molecule has 19 heavy (non-hydrogen) atoms. The van der Waals surface area contributed by atoms with Gasteiger partial charge < -0.3 is 10.0 Å². The monoisotopic (exact) mass is 285 g/mol. The molecule has 1 aliphatic heterocycles. The Morgan fingerprint density at radius 1 is 1.21 bits per heavy atom. The van der Waals surface area contributed by atoms with Crippen LogP contribution in [0.2, 0.25) is 0 Å². The molecule has 0 spiro atoms. The Morgan fingerprint density at radius 3 is 2.68 bits per heavy atom. The van der Waals surface area contributed by atoms with Gasteiger partial charge in [0.15, 0.2) is 0 Å². The molecule has 2 aliphatic rings. The molecule has 1 saturated carbocycles. The molecule has 2 fully saturated rings. The van der Waals surface area contributed by atoms with Gasteiger partial charge in [0.1, 0.15) is 0 Å². The molecule has 2 rings (SSSR count). The molecule has 1 amide bonds. The van der Waals surface area contributed by atoms with Crippen molar-refractivity contribution in [3.05, 3.63) is 0 Å². The number of likely N-dealkylation sites (tertiary alicyclic amines) is 1. The second-order valence-electron chi connectivity index (χ2n) is 5.76. The van der Waals surface area contributed by atoms with Crippen molar-refractivity contribution >= 4 is 23.6 Å². The number of carbonyl (C=O) groups is 2. The number of nitrogens with zero attached hydrogens (tertiary/aromatic N) is 1. The van der Waals surface area contributed by atoms with Crippen molar-refractivity contribution in [1.82, 2.24) is 4.90 Å². The second-order valence-corrected chi connectivity index (χ2v) is 6.74. The van der Waals surface area contributed by atoms with E-state index in [1.165, 1.54) is 31.0 Å². The Labute approximate surface area is 118 Å². The molecular formula is C14H23NO3S. The van der Waals surface area contributed by atoms with Gasteiger partial charge in [-0.25, -0.2) is 0 Å². The van der Waals surface area contributed by atoms with Gasteiger partial charge in [-0.3, -0.25) is 9.59 Å². The summed E-state index contributed by atoms with van der Waals surface area (Å²) < 4.78 is 0. The predicted molar refractivity (Wildman–Crippen MR) is 76.2 cm³/mol. The van der Waals surface area contributed by atoms with Gasteiger partial charge in [0, 0.05) is 12.6 Å². The van der Waals surface area contributed by atoms with Crippen molar-refractivity contribution in [1.29, 1.82) is 0 Å². The zero-order valence-electron chi connectivity index (χ0n) is 11.5. The molecule has 0 aromatic heterocycles. The zero-order chi connectivity index (χ0) is 13.8. The van der Waals surface area contributed by atoms with Crippen LogP contribution < -0.4 is 0 Å². The van der Waals surface area contributed by atoms with Crippen LogP contribution in [0.5, 0.6) is 0 Å². The zero-order valence-corrected chi connectivity index (χ0v) is 12.3. The third-order valence-electron chi connectivity index (χ3n) is 4.51. The van der Waals surface area contributed by atoms with Gasteiger partial charge in [-0.05, 0) is 31.1 Å². The van der Waals surface area contributed by atoms with E-state index in [0.717, 1.165) is 25.3 Å². The highest BCUT2D eigenvalue weighted by Gasteiger charge is 2.39. The third kappa shape index (κ3) is 3.65. The summed E-state index contributed by atoms with van der Waals surface area (Å²) in [6.07, 6.45) is 5.99. The van der Waals surface area contributed by atoms with Crippen LogP contribution in [0.3, 0.4) is 0 Å². The van der Waals surface area contributed by atoms with Crippen LogP contribution in [0, 0.1) is 11.8 Å². The van der Waals surface area contributed by atoms with E-state index < -0.39 is 5.97 Å². The molecule has 1 N–H and O–H groups in total. The van der Waals surface area contributed by atoms with Crippen molar-refractivity contribution in [2.45, 2.75) is 45.1 Å². The molecule has 0 aromatic carbocycles. The minimum absolute atomic E-state index is 0.0179. The minimum Gasteiger partial charge on any atom is -0.481 e. The summed E-state index contributed by atoms with van der Waals surface area (Å²) >= 11 is 1.21. The first-order valence-corrected chi connectivity index (χ1v) is 8.34. The number of hydrogen-bond acceptors (Lipinski definition) is 3. The van der Waals surface area contributed by atoms with Gasteiger partial charge in [-0.2, -0.15) is 0 Å². The standard InChI is InChI=1S/C14H23NO3S/c1-10-6-7-15(12-5-3-2-4-11(10)12)13(16)8-19-9-14(17)18/h10-12H,2-9H2,1H3,(H,17,18). The molecule has 0 aromatic rings. The molecule has 1 aliphatic carbocycles. The summed E-state index contributed by atoms with van der Waals surface area (Å²) in [4.78, 5) is 24.8. The molecule has 0 radical (unpaired) electrons. The highest BCUT2D eigenvalue weighted by molar-refractivity contribution is 8.00. The Kier molecular flexibility index (Phi) is 5.13. The number of aliphatic carboxylic acids is 1. The Bertz CT molecular complexity index is 348. The van der Waals surface area contributed by atoms with E-state index in [2.05, 4.69) is 6.92 Å². The first-order valence-electron chi connectivity index (χ1n) is 7.18. The number of amides is 1. The number of carbonyl (C=O) groups excluding carboxylic acids is 1. The van der Waals surface area contributed by atoms with Crippen LogP contribution >= 0.6 is 11.8 Å². The van der Waals surface area contributed by atoms with Crippen LogP contribution in [-0.2, 0) is 9.59 Å². The van der Waals surface area contributed by atoms with E-state index in [0.29, 0.717) is 17.7 Å². The van der Waals surface area contributed by atoms with Crippen molar-refractivity contribution < 1.29 is 14.7 Å². The highest BCUT2D eigenvalue weighted by atomic mass is 32.2. The van der Waals surface area contributed by atoms with E-state index in [4.69, 9.17) is 5.11 Å². The summed E-state index contributed by atoms with van der Waals surface area (Å²) in [5.41, 5.74) is 0. The fourth-order valence-corrected chi connectivity index (χ4v) is 4.15. The summed E-state index contributed by atoms with van der Waals surface area (Å²) in [5.74, 6) is 1.00. The SMILES string of the molecule is CC1CCN(C(=O)CSCC(=O)O)C2CCCCC12. The van der Waals surface area contributed by atoms with Gasteiger partial charge in [-0.15, -0.1) is 11.8 Å². The maximum absolute atomic E-state index is 12.3.